The molecule has 0 saturated carbocycles. The van der Waals surface area contributed by atoms with E-state index in [0.29, 0.717) is 50.1 Å². The number of sulfonamides is 1. The zero-order valence-electron chi connectivity index (χ0n) is 17.8. The van der Waals surface area contributed by atoms with Crippen LogP contribution in [0, 0.1) is 0 Å². The van der Waals surface area contributed by atoms with Gasteiger partial charge in [0, 0.05) is 37.7 Å². The molecule has 1 atom stereocenters. The monoisotopic (exact) mass is 465 g/mol. The Morgan fingerprint density at radius 1 is 1.10 bits per heavy atom. The predicted molar refractivity (Wildman–Crippen MR) is 121 cm³/mol. The van der Waals surface area contributed by atoms with Crippen LogP contribution in [0.3, 0.4) is 0 Å². The lowest BCUT2D eigenvalue weighted by Crippen LogP contribution is -2.54. The van der Waals surface area contributed by atoms with Crippen molar-refractivity contribution < 1.29 is 17.9 Å². The number of halogens is 1. The fourth-order valence-corrected chi connectivity index (χ4v) is 5.12. The number of benzene rings is 2. The summed E-state index contributed by atoms with van der Waals surface area (Å²) in [6, 6.07) is 13.5. The van der Waals surface area contributed by atoms with Gasteiger partial charge in [0.15, 0.2) is 0 Å². The molecule has 1 heterocycles. The summed E-state index contributed by atoms with van der Waals surface area (Å²) in [4.78, 5) is 14.8. The van der Waals surface area contributed by atoms with Gasteiger partial charge in [0.1, 0.15) is 5.75 Å². The molecule has 31 heavy (non-hydrogen) atoms. The maximum Gasteiger partial charge on any atom is 0.243 e. The number of nitrogens with one attached hydrogen (secondary N) is 1. The molecule has 2 aromatic carbocycles. The molecule has 0 bridgehead atoms. The van der Waals surface area contributed by atoms with Gasteiger partial charge >= 0.3 is 0 Å². The minimum Gasteiger partial charge on any atom is -0.494 e. The Morgan fingerprint density at radius 3 is 2.35 bits per heavy atom. The average Bonchev–Trinajstić information content (AvgIpc) is 2.78. The second kappa shape index (κ2) is 10.5. The van der Waals surface area contributed by atoms with Crippen LogP contribution in [0.15, 0.2) is 53.4 Å². The van der Waals surface area contributed by atoms with Crippen molar-refractivity contribution in [1.29, 1.82) is 0 Å². The highest BCUT2D eigenvalue weighted by Gasteiger charge is 2.31. The zero-order chi connectivity index (χ0) is 22.4. The number of hydrogen-bond donors (Lipinski definition) is 1. The van der Waals surface area contributed by atoms with Crippen LogP contribution in [-0.4, -0.2) is 62.4 Å². The first kappa shape index (κ1) is 23.5. The molecular formula is C22H28ClN3O4S. The van der Waals surface area contributed by atoms with E-state index in [-0.39, 0.29) is 16.8 Å². The van der Waals surface area contributed by atoms with Crippen LogP contribution in [0.5, 0.6) is 5.75 Å². The fourth-order valence-electron chi connectivity index (χ4n) is 3.49. The summed E-state index contributed by atoms with van der Waals surface area (Å²) in [6.07, 6.45) is 0. The van der Waals surface area contributed by atoms with Crippen molar-refractivity contribution in [3.8, 4) is 5.75 Å². The lowest BCUT2D eigenvalue weighted by molar-refractivity contribution is -0.126. The second-order valence-corrected chi connectivity index (χ2v) is 9.67. The van der Waals surface area contributed by atoms with Crippen LogP contribution in [-0.2, 0) is 21.4 Å². The predicted octanol–water partition coefficient (Wildman–Crippen LogP) is 2.75. The Hall–Kier alpha value is -2.13. The molecule has 1 aliphatic heterocycles. The lowest BCUT2D eigenvalue weighted by Gasteiger charge is -2.36. The van der Waals surface area contributed by atoms with Crippen molar-refractivity contribution in [2.45, 2.75) is 31.3 Å². The lowest BCUT2D eigenvalue weighted by atomic mass is 10.2. The van der Waals surface area contributed by atoms with Crippen molar-refractivity contribution in [1.82, 2.24) is 14.5 Å². The van der Waals surface area contributed by atoms with Crippen LogP contribution >= 0.6 is 11.6 Å². The summed E-state index contributed by atoms with van der Waals surface area (Å²) in [6.45, 7) is 6.22. The zero-order valence-corrected chi connectivity index (χ0v) is 19.3. The van der Waals surface area contributed by atoms with E-state index in [1.807, 2.05) is 36.9 Å². The topological polar surface area (TPSA) is 79.0 Å². The summed E-state index contributed by atoms with van der Waals surface area (Å²) >= 11 is 6.14. The van der Waals surface area contributed by atoms with Gasteiger partial charge in [-0.1, -0.05) is 29.8 Å². The van der Waals surface area contributed by atoms with Crippen molar-refractivity contribution in [3.05, 3.63) is 59.1 Å². The highest BCUT2D eigenvalue weighted by Crippen LogP contribution is 2.21. The molecule has 168 valence electrons. The van der Waals surface area contributed by atoms with Gasteiger partial charge < -0.3 is 10.1 Å². The number of rotatable bonds is 8. The maximum absolute atomic E-state index is 12.9. The number of carbonyl (C=O) groups is 1. The molecule has 1 N–H and O–H groups in total. The normalized spacial score (nSPS) is 16.6. The number of piperazine rings is 1. The third-order valence-electron chi connectivity index (χ3n) is 5.38. The molecule has 1 unspecified atom stereocenters. The molecule has 7 nitrogen and oxygen atoms in total. The molecule has 1 amide bonds. The van der Waals surface area contributed by atoms with Crippen LogP contribution in [0.4, 0.5) is 0 Å². The number of ether oxygens (including phenoxy) is 1. The van der Waals surface area contributed by atoms with Gasteiger partial charge in [-0.3, -0.25) is 9.69 Å². The summed E-state index contributed by atoms with van der Waals surface area (Å²) < 4.78 is 32.7. The molecule has 0 aromatic heterocycles. The van der Waals surface area contributed by atoms with E-state index >= 15 is 0 Å². The van der Waals surface area contributed by atoms with Crippen LogP contribution in [0.2, 0.25) is 5.02 Å². The minimum absolute atomic E-state index is 0.109. The van der Waals surface area contributed by atoms with Gasteiger partial charge in [-0.25, -0.2) is 8.42 Å². The molecule has 1 aliphatic rings. The number of amides is 1. The molecule has 3 rings (SSSR count). The quantitative estimate of drug-likeness (QED) is 0.648. The smallest absolute Gasteiger partial charge is 0.243 e. The first-order valence-corrected chi connectivity index (χ1v) is 12.1. The van der Waals surface area contributed by atoms with Gasteiger partial charge in [-0.15, -0.1) is 0 Å². The largest absolute Gasteiger partial charge is 0.494 e. The van der Waals surface area contributed by atoms with Gasteiger partial charge in [0.25, 0.3) is 0 Å². The van der Waals surface area contributed by atoms with Crippen LogP contribution in [0.1, 0.15) is 19.4 Å². The average molecular weight is 466 g/mol. The molecule has 1 saturated heterocycles. The van der Waals surface area contributed by atoms with Crippen molar-refractivity contribution in [2.75, 3.05) is 32.8 Å². The summed E-state index contributed by atoms with van der Waals surface area (Å²) in [7, 11) is -3.58. The number of hydrogen-bond acceptors (Lipinski definition) is 5. The fraction of sp³-hybridized carbons (Fsp3) is 0.409. The van der Waals surface area contributed by atoms with Crippen molar-refractivity contribution in [2.24, 2.45) is 0 Å². The van der Waals surface area contributed by atoms with E-state index in [2.05, 4.69) is 5.32 Å². The minimum atomic E-state index is -3.58. The molecule has 9 heteroatoms. The van der Waals surface area contributed by atoms with Crippen LogP contribution < -0.4 is 10.1 Å². The van der Waals surface area contributed by atoms with E-state index in [4.69, 9.17) is 16.3 Å². The SMILES string of the molecule is CCOc1ccc(S(=O)(=O)N2CCN(C(C)C(=O)NCc3ccccc3Cl)CC2)cc1. The first-order chi connectivity index (χ1) is 14.8. The third-order valence-corrected chi connectivity index (χ3v) is 7.67. The van der Waals surface area contributed by atoms with Gasteiger partial charge in [-0.05, 0) is 49.7 Å². The highest BCUT2D eigenvalue weighted by molar-refractivity contribution is 7.89. The first-order valence-electron chi connectivity index (χ1n) is 10.3. The molecule has 0 radical (unpaired) electrons. The van der Waals surface area contributed by atoms with E-state index in [0.717, 1.165) is 5.56 Å². The van der Waals surface area contributed by atoms with Crippen LogP contribution in [0.25, 0.3) is 0 Å². The van der Waals surface area contributed by atoms with E-state index < -0.39 is 10.0 Å². The van der Waals surface area contributed by atoms with E-state index in [1.165, 1.54) is 4.31 Å². The Bertz CT molecular complexity index is 990. The van der Waals surface area contributed by atoms with E-state index in [1.54, 1.807) is 30.3 Å². The number of nitrogens with zero attached hydrogens (tertiary/aromatic N) is 2. The number of carbonyl (C=O) groups excluding carboxylic acids is 1. The maximum atomic E-state index is 12.9. The molecular weight excluding hydrogens is 438 g/mol. The molecule has 1 fully saturated rings. The van der Waals surface area contributed by atoms with Gasteiger partial charge in [-0.2, -0.15) is 4.31 Å². The third kappa shape index (κ3) is 5.77. The highest BCUT2D eigenvalue weighted by atomic mass is 35.5. The Balaban J connectivity index is 1.54. The van der Waals surface area contributed by atoms with E-state index in [9.17, 15) is 13.2 Å². The van der Waals surface area contributed by atoms with Crippen molar-refractivity contribution in [3.63, 3.8) is 0 Å². The summed E-state index contributed by atoms with van der Waals surface area (Å²) in [5.74, 6) is 0.533. The molecule has 0 spiro atoms. The summed E-state index contributed by atoms with van der Waals surface area (Å²) in [5.41, 5.74) is 0.857. The Morgan fingerprint density at radius 2 is 1.74 bits per heavy atom. The molecule has 2 aromatic rings. The standard InChI is InChI=1S/C22H28ClN3O4S/c1-3-30-19-8-10-20(11-9-19)31(28,29)26-14-12-25(13-15-26)17(2)22(27)24-16-18-6-4-5-7-21(18)23/h4-11,17H,3,12-16H2,1-2H3,(H,24,27). The Kier molecular flexibility index (Phi) is 7.94. The van der Waals surface area contributed by atoms with Crippen molar-refractivity contribution >= 4 is 27.5 Å². The van der Waals surface area contributed by atoms with Gasteiger partial charge in [0.2, 0.25) is 15.9 Å². The Labute approximate surface area is 189 Å². The van der Waals surface area contributed by atoms with Gasteiger partial charge in [0.05, 0.1) is 17.5 Å². The second-order valence-electron chi connectivity index (χ2n) is 7.33. The molecule has 0 aliphatic carbocycles. The summed E-state index contributed by atoms with van der Waals surface area (Å²) in [5, 5.41) is 3.53.